The van der Waals surface area contributed by atoms with Gasteiger partial charge in [0, 0.05) is 23.7 Å². The van der Waals surface area contributed by atoms with E-state index >= 15 is 0 Å². The Morgan fingerprint density at radius 2 is 1.71 bits per heavy atom. The molecule has 0 unspecified atom stereocenters. The van der Waals surface area contributed by atoms with E-state index in [0.29, 0.717) is 30.1 Å². The molecular formula is C15H15ClN2O3. The molecule has 0 aliphatic heterocycles. The normalized spacial score (nSPS) is 10.1. The van der Waals surface area contributed by atoms with Crippen molar-refractivity contribution >= 4 is 34.8 Å². The van der Waals surface area contributed by atoms with Gasteiger partial charge < -0.3 is 15.1 Å². The molecule has 0 spiro atoms. The van der Waals surface area contributed by atoms with Gasteiger partial charge in [0.2, 0.25) is 5.91 Å². The highest BCUT2D eigenvalue weighted by Crippen LogP contribution is 2.15. The molecule has 1 aromatic heterocycles. The molecule has 5 nitrogen and oxygen atoms in total. The highest BCUT2D eigenvalue weighted by atomic mass is 35.5. The zero-order valence-corrected chi connectivity index (χ0v) is 12.0. The van der Waals surface area contributed by atoms with Crippen molar-refractivity contribution in [3.63, 3.8) is 0 Å². The lowest BCUT2D eigenvalue weighted by Crippen LogP contribution is -2.12. The molecule has 2 N–H and O–H groups in total. The Labute approximate surface area is 127 Å². The number of hydrogen-bond donors (Lipinski definition) is 2. The van der Waals surface area contributed by atoms with Crippen LogP contribution in [0.1, 0.15) is 23.4 Å². The van der Waals surface area contributed by atoms with Gasteiger partial charge in [0.25, 0.3) is 5.91 Å². The number of hydrogen-bond acceptors (Lipinski definition) is 3. The van der Waals surface area contributed by atoms with Crippen molar-refractivity contribution in [3.8, 4) is 0 Å². The van der Waals surface area contributed by atoms with E-state index in [1.54, 1.807) is 36.4 Å². The predicted octanol–water partition coefficient (Wildman–Crippen LogP) is 3.49. The summed E-state index contributed by atoms with van der Waals surface area (Å²) in [5.74, 6) is 0.306. The van der Waals surface area contributed by atoms with Gasteiger partial charge >= 0.3 is 0 Å². The smallest absolute Gasteiger partial charge is 0.291 e. The average Bonchev–Trinajstić information content (AvgIpc) is 3.01. The van der Waals surface area contributed by atoms with Crippen LogP contribution in [-0.4, -0.2) is 17.7 Å². The minimum absolute atomic E-state index is 0.0805. The summed E-state index contributed by atoms with van der Waals surface area (Å²) in [6.45, 7) is 0. The maximum Gasteiger partial charge on any atom is 0.291 e. The SMILES string of the molecule is O=C(CCCCl)Nc1ccc(NC(=O)c2ccco2)cc1. The zero-order valence-electron chi connectivity index (χ0n) is 11.3. The Kier molecular flexibility index (Phi) is 5.40. The number of anilines is 2. The van der Waals surface area contributed by atoms with E-state index in [1.807, 2.05) is 0 Å². The molecule has 1 aromatic carbocycles. The predicted molar refractivity (Wildman–Crippen MR) is 81.7 cm³/mol. The van der Waals surface area contributed by atoms with E-state index in [-0.39, 0.29) is 17.6 Å². The van der Waals surface area contributed by atoms with Crippen LogP contribution >= 0.6 is 11.6 Å². The first-order valence-corrected chi connectivity index (χ1v) is 7.03. The lowest BCUT2D eigenvalue weighted by Gasteiger charge is -2.07. The molecule has 2 aromatic rings. The third kappa shape index (κ3) is 4.65. The second-order valence-corrected chi connectivity index (χ2v) is 4.73. The third-order valence-corrected chi connectivity index (χ3v) is 2.98. The van der Waals surface area contributed by atoms with Crippen molar-refractivity contribution in [3.05, 3.63) is 48.4 Å². The summed E-state index contributed by atoms with van der Waals surface area (Å²) in [5, 5.41) is 5.45. The molecule has 0 aliphatic rings. The molecular weight excluding hydrogens is 292 g/mol. The largest absolute Gasteiger partial charge is 0.459 e. The average molecular weight is 307 g/mol. The summed E-state index contributed by atoms with van der Waals surface area (Å²) in [6.07, 6.45) is 2.47. The van der Waals surface area contributed by atoms with E-state index < -0.39 is 0 Å². The van der Waals surface area contributed by atoms with Gasteiger partial charge in [-0.1, -0.05) is 0 Å². The zero-order chi connectivity index (χ0) is 15.1. The summed E-state index contributed by atoms with van der Waals surface area (Å²) in [4.78, 5) is 23.3. The highest BCUT2D eigenvalue weighted by Gasteiger charge is 2.08. The minimum atomic E-state index is -0.320. The van der Waals surface area contributed by atoms with Crippen molar-refractivity contribution in [1.82, 2.24) is 0 Å². The first-order chi connectivity index (χ1) is 10.2. The molecule has 0 fully saturated rings. The lowest BCUT2D eigenvalue weighted by molar-refractivity contribution is -0.116. The minimum Gasteiger partial charge on any atom is -0.459 e. The summed E-state index contributed by atoms with van der Waals surface area (Å²) >= 11 is 5.53. The number of rotatable bonds is 6. The van der Waals surface area contributed by atoms with E-state index in [2.05, 4.69) is 10.6 Å². The Hall–Kier alpha value is -2.27. The molecule has 6 heteroatoms. The van der Waals surface area contributed by atoms with Crippen molar-refractivity contribution in [2.45, 2.75) is 12.8 Å². The van der Waals surface area contributed by atoms with Crippen LogP contribution in [0.3, 0.4) is 0 Å². The maximum atomic E-state index is 11.8. The topological polar surface area (TPSA) is 71.3 Å². The fourth-order valence-corrected chi connectivity index (χ4v) is 1.82. The van der Waals surface area contributed by atoms with E-state index in [1.165, 1.54) is 6.26 Å². The molecule has 0 aliphatic carbocycles. The number of carbonyl (C=O) groups excluding carboxylic acids is 2. The van der Waals surface area contributed by atoms with E-state index in [0.717, 1.165) is 0 Å². The Morgan fingerprint density at radius 1 is 1.05 bits per heavy atom. The molecule has 2 amide bonds. The molecule has 21 heavy (non-hydrogen) atoms. The van der Waals surface area contributed by atoms with Crippen LogP contribution in [0.5, 0.6) is 0 Å². The molecule has 0 saturated heterocycles. The number of alkyl halides is 1. The fraction of sp³-hybridized carbons (Fsp3) is 0.200. The number of halogens is 1. The molecule has 0 radical (unpaired) electrons. The second-order valence-electron chi connectivity index (χ2n) is 4.35. The number of nitrogens with one attached hydrogen (secondary N) is 2. The third-order valence-electron chi connectivity index (χ3n) is 2.71. The first-order valence-electron chi connectivity index (χ1n) is 6.50. The van der Waals surface area contributed by atoms with Crippen LogP contribution in [0.4, 0.5) is 11.4 Å². The number of amides is 2. The van der Waals surface area contributed by atoms with Crippen LogP contribution in [0, 0.1) is 0 Å². The summed E-state index contributed by atoms with van der Waals surface area (Å²) in [5.41, 5.74) is 1.29. The molecule has 1 heterocycles. The van der Waals surface area contributed by atoms with E-state index in [9.17, 15) is 9.59 Å². The Morgan fingerprint density at radius 3 is 2.29 bits per heavy atom. The molecule has 2 rings (SSSR count). The maximum absolute atomic E-state index is 11.8. The van der Waals surface area contributed by atoms with Gasteiger partial charge in [-0.3, -0.25) is 9.59 Å². The second kappa shape index (κ2) is 7.50. The summed E-state index contributed by atoms with van der Waals surface area (Å²) in [6, 6.07) is 10.1. The van der Waals surface area contributed by atoms with Crippen LogP contribution in [0.2, 0.25) is 0 Å². The molecule has 110 valence electrons. The number of benzene rings is 1. The van der Waals surface area contributed by atoms with Crippen molar-refractivity contribution < 1.29 is 14.0 Å². The lowest BCUT2D eigenvalue weighted by atomic mass is 10.2. The van der Waals surface area contributed by atoms with Crippen LogP contribution in [-0.2, 0) is 4.79 Å². The standard InChI is InChI=1S/C15H15ClN2O3/c16-9-1-4-14(19)17-11-5-7-12(8-6-11)18-15(20)13-3-2-10-21-13/h2-3,5-8,10H,1,4,9H2,(H,17,19)(H,18,20). The molecule has 0 saturated carbocycles. The van der Waals surface area contributed by atoms with Gasteiger partial charge in [-0.2, -0.15) is 0 Å². The number of furan rings is 1. The van der Waals surface area contributed by atoms with E-state index in [4.69, 9.17) is 16.0 Å². The Balaban J connectivity index is 1.90. The van der Waals surface area contributed by atoms with Crippen LogP contribution in [0.25, 0.3) is 0 Å². The number of carbonyl (C=O) groups is 2. The van der Waals surface area contributed by atoms with Gasteiger partial charge in [0.05, 0.1) is 6.26 Å². The van der Waals surface area contributed by atoms with Crippen molar-refractivity contribution in [1.29, 1.82) is 0 Å². The van der Waals surface area contributed by atoms with Crippen LogP contribution in [0.15, 0.2) is 47.1 Å². The van der Waals surface area contributed by atoms with Gasteiger partial charge in [-0.25, -0.2) is 0 Å². The monoisotopic (exact) mass is 306 g/mol. The molecule has 0 bridgehead atoms. The van der Waals surface area contributed by atoms with Crippen LogP contribution < -0.4 is 10.6 Å². The van der Waals surface area contributed by atoms with Gasteiger partial charge in [-0.05, 0) is 42.8 Å². The van der Waals surface area contributed by atoms with Gasteiger partial charge in [0.15, 0.2) is 5.76 Å². The van der Waals surface area contributed by atoms with Crippen molar-refractivity contribution in [2.75, 3.05) is 16.5 Å². The highest BCUT2D eigenvalue weighted by molar-refractivity contribution is 6.18. The fourth-order valence-electron chi connectivity index (χ4n) is 1.69. The first kappa shape index (κ1) is 15.1. The van der Waals surface area contributed by atoms with Gasteiger partial charge in [-0.15, -0.1) is 11.6 Å². The summed E-state index contributed by atoms with van der Waals surface area (Å²) < 4.78 is 5.00. The molecule has 0 atom stereocenters. The Bertz CT molecular complexity index is 594. The van der Waals surface area contributed by atoms with Gasteiger partial charge in [0.1, 0.15) is 0 Å². The summed E-state index contributed by atoms with van der Waals surface area (Å²) in [7, 11) is 0. The van der Waals surface area contributed by atoms with Crippen molar-refractivity contribution in [2.24, 2.45) is 0 Å². The quantitative estimate of drug-likeness (QED) is 0.802.